The summed E-state index contributed by atoms with van der Waals surface area (Å²) in [6.45, 7) is 5.32. The Morgan fingerprint density at radius 2 is 2.11 bits per heavy atom. The zero-order chi connectivity index (χ0) is 13.4. The normalized spacial score (nSPS) is 10.4. The molecule has 0 saturated carbocycles. The third-order valence-corrected chi connectivity index (χ3v) is 3.11. The summed E-state index contributed by atoms with van der Waals surface area (Å²) in [6.07, 6.45) is 3.50. The van der Waals surface area contributed by atoms with Crippen molar-refractivity contribution < 1.29 is 4.79 Å². The van der Waals surface area contributed by atoms with Gasteiger partial charge in [-0.2, -0.15) is 0 Å². The van der Waals surface area contributed by atoms with Gasteiger partial charge in [0.25, 0.3) is 0 Å². The van der Waals surface area contributed by atoms with Crippen LogP contribution < -0.4 is 10.6 Å². The van der Waals surface area contributed by atoms with Gasteiger partial charge in [-0.05, 0) is 37.6 Å². The maximum atomic E-state index is 11.6. The topological polar surface area (TPSA) is 41.1 Å². The molecule has 18 heavy (non-hydrogen) atoms. The van der Waals surface area contributed by atoms with Gasteiger partial charge in [-0.25, -0.2) is 0 Å². The molecule has 1 amide bonds. The molecule has 0 saturated heterocycles. The van der Waals surface area contributed by atoms with Gasteiger partial charge >= 0.3 is 0 Å². The second-order valence-electron chi connectivity index (χ2n) is 4.40. The van der Waals surface area contributed by atoms with Gasteiger partial charge in [0.1, 0.15) is 0 Å². The van der Waals surface area contributed by atoms with Crippen LogP contribution in [0.4, 0.5) is 5.69 Å². The molecular weight excluding hydrogens is 248 g/mol. The minimum absolute atomic E-state index is 0.0357. The smallest absolute Gasteiger partial charge is 0.238 e. The lowest BCUT2D eigenvalue weighted by Crippen LogP contribution is -2.28. The minimum atomic E-state index is -0.0357. The Labute approximate surface area is 114 Å². The first-order valence-corrected chi connectivity index (χ1v) is 6.78. The minimum Gasteiger partial charge on any atom is -0.325 e. The molecule has 1 aromatic rings. The number of halogens is 1. The lowest BCUT2D eigenvalue weighted by molar-refractivity contribution is -0.115. The molecule has 1 rings (SSSR count). The fourth-order valence-corrected chi connectivity index (χ4v) is 1.76. The van der Waals surface area contributed by atoms with E-state index in [9.17, 15) is 4.79 Å². The third-order valence-electron chi connectivity index (χ3n) is 2.70. The SMILES string of the molecule is CCCCCNCC(=O)Nc1ccc(C)c(Cl)c1. The number of carbonyl (C=O) groups is 1. The first-order chi connectivity index (χ1) is 8.63. The zero-order valence-electron chi connectivity index (χ0n) is 11.1. The molecule has 0 heterocycles. The molecule has 100 valence electrons. The monoisotopic (exact) mass is 268 g/mol. The summed E-state index contributed by atoms with van der Waals surface area (Å²) < 4.78 is 0. The number of hydrogen-bond donors (Lipinski definition) is 2. The summed E-state index contributed by atoms with van der Waals surface area (Å²) in [5, 5.41) is 6.61. The van der Waals surface area contributed by atoms with Crippen LogP contribution in [0.5, 0.6) is 0 Å². The van der Waals surface area contributed by atoms with Crippen molar-refractivity contribution in [1.82, 2.24) is 5.32 Å². The van der Waals surface area contributed by atoms with Crippen LogP contribution >= 0.6 is 11.6 Å². The number of nitrogens with one attached hydrogen (secondary N) is 2. The maximum Gasteiger partial charge on any atom is 0.238 e. The van der Waals surface area contributed by atoms with Crippen molar-refractivity contribution in [2.24, 2.45) is 0 Å². The van der Waals surface area contributed by atoms with Gasteiger partial charge in [0.05, 0.1) is 6.54 Å². The van der Waals surface area contributed by atoms with Crippen molar-refractivity contribution in [3.63, 3.8) is 0 Å². The Bertz CT molecular complexity index is 393. The number of benzene rings is 1. The molecule has 0 radical (unpaired) electrons. The molecule has 0 atom stereocenters. The van der Waals surface area contributed by atoms with Crippen LogP contribution in [-0.4, -0.2) is 19.0 Å². The largest absolute Gasteiger partial charge is 0.325 e. The van der Waals surface area contributed by atoms with E-state index in [0.29, 0.717) is 11.6 Å². The average Bonchev–Trinajstić information content (AvgIpc) is 2.34. The fourth-order valence-electron chi connectivity index (χ4n) is 1.58. The van der Waals surface area contributed by atoms with Crippen LogP contribution in [0.2, 0.25) is 5.02 Å². The highest BCUT2D eigenvalue weighted by Gasteiger charge is 2.03. The van der Waals surface area contributed by atoms with E-state index in [-0.39, 0.29) is 5.91 Å². The van der Waals surface area contributed by atoms with Crippen molar-refractivity contribution in [2.45, 2.75) is 33.1 Å². The van der Waals surface area contributed by atoms with Gasteiger partial charge in [-0.1, -0.05) is 37.4 Å². The number of anilines is 1. The summed E-state index contributed by atoms with van der Waals surface area (Å²) in [4.78, 5) is 11.6. The zero-order valence-corrected chi connectivity index (χ0v) is 11.8. The van der Waals surface area contributed by atoms with Crippen LogP contribution in [0.25, 0.3) is 0 Å². The fraction of sp³-hybridized carbons (Fsp3) is 0.500. The number of rotatable bonds is 7. The maximum absolute atomic E-state index is 11.6. The van der Waals surface area contributed by atoms with Gasteiger partial charge in [0, 0.05) is 10.7 Å². The van der Waals surface area contributed by atoms with Crippen LogP contribution in [0.1, 0.15) is 31.7 Å². The highest BCUT2D eigenvalue weighted by Crippen LogP contribution is 2.19. The van der Waals surface area contributed by atoms with Crippen molar-refractivity contribution in [3.05, 3.63) is 28.8 Å². The van der Waals surface area contributed by atoms with Gasteiger partial charge in [0.2, 0.25) is 5.91 Å². The lowest BCUT2D eigenvalue weighted by atomic mass is 10.2. The standard InChI is InChI=1S/C14H21ClN2O/c1-3-4-5-8-16-10-14(18)17-12-7-6-11(2)13(15)9-12/h6-7,9,16H,3-5,8,10H2,1-2H3,(H,17,18). The molecule has 0 unspecified atom stereocenters. The average molecular weight is 269 g/mol. The Kier molecular flexibility index (Phi) is 6.76. The molecule has 1 aromatic carbocycles. The van der Waals surface area contributed by atoms with Crippen LogP contribution in [0.3, 0.4) is 0 Å². The predicted molar refractivity (Wildman–Crippen MR) is 77.2 cm³/mol. The molecule has 0 aliphatic carbocycles. The Hall–Kier alpha value is -1.06. The highest BCUT2D eigenvalue weighted by molar-refractivity contribution is 6.31. The Balaban J connectivity index is 2.29. The number of carbonyl (C=O) groups excluding carboxylic acids is 1. The molecule has 2 N–H and O–H groups in total. The van der Waals surface area contributed by atoms with Crippen LogP contribution in [0, 0.1) is 6.92 Å². The molecule has 0 aliphatic heterocycles. The third kappa shape index (κ3) is 5.52. The second kappa shape index (κ2) is 8.11. The lowest BCUT2D eigenvalue weighted by Gasteiger charge is -2.07. The van der Waals surface area contributed by atoms with Crippen LogP contribution in [0.15, 0.2) is 18.2 Å². The summed E-state index contributed by atoms with van der Waals surface area (Å²) in [5.74, 6) is -0.0357. The summed E-state index contributed by atoms with van der Waals surface area (Å²) in [6, 6.07) is 5.52. The van der Waals surface area contributed by atoms with Gasteiger partial charge in [0.15, 0.2) is 0 Å². The second-order valence-corrected chi connectivity index (χ2v) is 4.80. The van der Waals surface area contributed by atoms with Gasteiger partial charge in [-0.3, -0.25) is 4.79 Å². The predicted octanol–water partition coefficient (Wildman–Crippen LogP) is 3.37. The Morgan fingerprint density at radius 1 is 1.33 bits per heavy atom. The number of aryl methyl sites for hydroxylation is 1. The number of amides is 1. The van der Waals surface area contributed by atoms with E-state index in [0.717, 1.165) is 24.2 Å². The quantitative estimate of drug-likeness (QED) is 0.745. The highest BCUT2D eigenvalue weighted by atomic mass is 35.5. The molecule has 0 aliphatic rings. The van der Waals surface area contributed by atoms with Crippen molar-refractivity contribution >= 4 is 23.2 Å². The summed E-state index contributed by atoms with van der Waals surface area (Å²) in [5.41, 5.74) is 1.75. The summed E-state index contributed by atoms with van der Waals surface area (Å²) >= 11 is 5.99. The molecule has 0 fully saturated rings. The molecule has 0 spiro atoms. The molecule has 0 bridgehead atoms. The molecule has 3 nitrogen and oxygen atoms in total. The van der Waals surface area contributed by atoms with E-state index in [1.165, 1.54) is 12.8 Å². The number of unbranched alkanes of at least 4 members (excludes halogenated alkanes) is 2. The Morgan fingerprint density at radius 3 is 2.78 bits per heavy atom. The summed E-state index contributed by atoms with van der Waals surface area (Å²) in [7, 11) is 0. The first kappa shape index (κ1) is 15.0. The van der Waals surface area contributed by atoms with Gasteiger partial charge in [-0.15, -0.1) is 0 Å². The van der Waals surface area contributed by atoms with Crippen LogP contribution in [-0.2, 0) is 4.79 Å². The molecule has 0 aromatic heterocycles. The van der Waals surface area contributed by atoms with E-state index < -0.39 is 0 Å². The molecule has 4 heteroatoms. The van der Waals surface area contributed by atoms with E-state index in [1.54, 1.807) is 6.07 Å². The van der Waals surface area contributed by atoms with E-state index in [1.807, 2.05) is 19.1 Å². The van der Waals surface area contributed by atoms with Crippen molar-refractivity contribution in [1.29, 1.82) is 0 Å². The first-order valence-electron chi connectivity index (χ1n) is 6.40. The van der Waals surface area contributed by atoms with E-state index >= 15 is 0 Å². The van der Waals surface area contributed by atoms with E-state index in [2.05, 4.69) is 17.6 Å². The van der Waals surface area contributed by atoms with Crippen molar-refractivity contribution in [2.75, 3.05) is 18.4 Å². The molecular formula is C14H21ClN2O. The van der Waals surface area contributed by atoms with Gasteiger partial charge < -0.3 is 10.6 Å². The van der Waals surface area contributed by atoms with Crippen molar-refractivity contribution in [3.8, 4) is 0 Å². The number of hydrogen-bond acceptors (Lipinski definition) is 2. The van der Waals surface area contributed by atoms with E-state index in [4.69, 9.17) is 11.6 Å².